The Hall–Kier alpha value is -2.50. The Morgan fingerprint density at radius 2 is 1.86 bits per heavy atom. The molecule has 0 bridgehead atoms. The van der Waals surface area contributed by atoms with Crippen LogP contribution in [0.15, 0.2) is 35.5 Å². The highest BCUT2D eigenvalue weighted by Gasteiger charge is 2.34. The molecular weight excluding hydrogens is 354 g/mol. The number of nitrogens with one attached hydrogen (secondary N) is 2. The number of hydrogen-bond acceptors (Lipinski definition) is 4. The molecule has 1 atom stereocenters. The quantitative estimate of drug-likeness (QED) is 0.758. The van der Waals surface area contributed by atoms with Crippen molar-refractivity contribution in [2.45, 2.75) is 46.6 Å². The molecule has 0 saturated carbocycles. The Kier molecular flexibility index (Phi) is 6.27. The van der Waals surface area contributed by atoms with Crippen LogP contribution in [-0.2, 0) is 9.53 Å². The van der Waals surface area contributed by atoms with E-state index in [0.717, 1.165) is 24.6 Å². The fourth-order valence-electron chi connectivity index (χ4n) is 3.87. The molecule has 6 nitrogen and oxygen atoms in total. The van der Waals surface area contributed by atoms with Crippen LogP contribution in [0.5, 0.6) is 0 Å². The first-order valence-corrected chi connectivity index (χ1v) is 10.2. The summed E-state index contributed by atoms with van der Waals surface area (Å²) in [6, 6.07) is 7.35. The van der Waals surface area contributed by atoms with Crippen molar-refractivity contribution in [2.75, 3.05) is 24.6 Å². The average molecular weight is 386 g/mol. The number of piperidine rings is 1. The van der Waals surface area contributed by atoms with Gasteiger partial charge in [0.15, 0.2) is 0 Å². The van der Waals surface area contributed by atoms with Crippen LogP contribution < -0.4 is 15.5 Å². The van der Waals surface area contributed by atoms with Gasteiger partial charge in [0, 0.05) is 24.5 Å². The number of allylic oxidation sites excluding steroid dienone is 1. The summed E-state index contributed by atoms with van der Waals surface area (Å²) < 4.78 is 5.28. The van der Waals surface area contributed by atoms with E-state index in [2.05, 4.69) is 34.6 Å². The van der Waals surface area contributed by atoms with E-state index in [1.54, 1.807) is 6.92 Å². The molecule has 28 heavy (non-hydrogen) atoms. The summed E-state index contributed by atoms with van der Waals surface area (Å²) in [5.41, 5.74) is 3.17. The van der Waals surface area contributed by atoms with Gasteiger partial charge in [-0.15, -0.1) is 0 Å². The Balaban J connectivity index is 1.90. The van der Waals surface area contributed by atoms with Crippen LogP contribution in [0.25, 0.3) is 0 Å². The molecule has 0 aromatic heterocycles. The summed E-state index contributed by atoms with van der Waals surface area (Å²) in [5.74, 6) is 0.396. The number of esters is 1. The second-order valence-corrected chi connectivity index (χ2v) is 8.00. The predicted molar refractivity (Wildman–Crippen MR) is 110 cm³/mol. The molecule has 2 aliphatic heterocycles. The number of amides is 2. The van der Waals surface area contributed by atoms with Gasteiger partial charge in [-0.05, 0) is 49.3 Å². The third-order valence-corrected chi connectivity index (χ3v) is 5.55. The highest BCUT2D eigenvalue weighted by Crippen LogP contribution is 2.32. The molecular formula is C22H31N3O3. The van der Waals surface area contributed by atoms with Gasteiger partial charge in [0.25, 0.3) is 0 Å². The van der Waals surface area contributed by atoms with Crippen molar-refractivity contribution in [1.29, 1.82) is 0 Å². The maximum atomic E-state index is 12.7. The second kappa shape index (κ2) is 8.67. The van der Waals surface area contributed by atoms with Gasteiger partial charge >= 0.3 is 12.0 Å². The molecule has 1 aromatic rings. The molecule has 152 valence electrons. The van der Waals surface area contributed by atoms with Gasteiger partial charge in [-0.1, -0.05) is 32.9 Å². The first-order valence-electron chi connectivity index (χ1n) is 10.2. The number of anilines is 1. The maximum absolute atomic E-state index is 12.7. The van der Waals surface area contributed by atoms with E-state index >= 15 is 0 Å². The number of carbonyl (C=O) groups excluding carboxylic acids is 2. The normalized spacial score (nSPS) is 20.8. The zero-order valence-electron chi connectivity index (χ0n) is 17.2. The van der Waals surface area contributed by atoms with Crippen molar-refractivity contribution < 1.29 is 14.3 Å². The molecule has 6 heteroatoms. The molecule has 0 aliphatic carbocycles. The molecule has 1 unspecified atom stereocenters. The smallest absolute Gasteiger partial charge is 0.338 e. The Morgan fingerprint density at radius 3 is 2.43 bits per heavy atom. The lowest BCUT2D eigenvalue weighted by Gasteiger charge is -2.33. The summed E-state index contributed by atoms with van der Waals surface area (Å²) >= 11 is 0. The van der Waals surface area contributed by atoms with Crippen LogP contribution in [0.3, 0.4) is 0 Å². The van der Waals surface area contributed by atoms with Crippen LogP contribution >= 0.6 is 0 Å². The molecule has 2 N–H and O–H groups in total. The molecule has 1 aromatic carbocycles. The van der Waals surface area contributed by atoms with E-state index in [-0.39, 0.29) is 11.9 Å². The van der Waals surface area contributed by atoms with E-state index in [9.17, 15) is 9.59 Å². The molecule has 0 radical (unpaired) electrons. The number of ether oxygens (including phenoxy) is 1. The van der Waals surface area contributed by atoms with Crippen molar-refractivity contribution in [3.63, 3.8) is 0 Å². The summed E-state index contributed by atoms with van der Waals surface area (Å²) in [6.07, 6.45) is 2.42. The van der Waals surface area contributed by atoms with Gasteiger partial charge < -0.3 is 20.3 Å². The molecule has 0 spiro atoms. The van der Waals surface area contributed by atoms with Crippen LogP contribution in [0.4, 0.5) is 10.5 Å². The maximum Gasteiger partial charge on any atom is 0.338 e. The third kappa shape index (κ3) is 4.32. The first-order chi connectivity index (χ1) is 13.4. The Bertz CT molecular complexity index is 747. The summed E-state index contributed by atoms with van der Waals surface area (Å²) in [7, 11) is 0. The van der Waals surface area contributed by atoms with Gasteiger partial charge in [0.1, 0.15) is 0 Å². The number of urea groups is 1. The fraction of sp³-hybridized carbons (Fsp3) is 0.545. The van der Waals surface area contributed by atoms with Gasteiger partial charge in [-0.2, -0.15) is 0 Å². The lowest BCUT2D eigenvalue weighted by atomic mass is 9.91. The van der Waals surface area contributed by atoms with E-state index in [0.29, 0.717) is 17.9 Å². The standard InChI is InChI=1S/C22H31N3O3/c1-5-28-21(26)18-19(14(2)3)23-22(27)24-20(18)16-6-8-17(9-7-16)25-12-10-15(4)11-13-25/h6-9,14-15,20H,5,10-13H2,1-4H3,(H2,23,24,27). The minimum atomic E-state index is -0.513. The fourth-order valence-corrected chi connectivity index (χ4v) is 3.87. The van der Waals surface area contributed by atoms with Crippen molar-refractivity contribution in [3.8, 4) is 0 Å². The van der Waals surface area contributed by atoms with Crippen LogP contribution in [-0.4, -0.2) is 31.7 Å². The predicted octanol–water partition coefficient (Wildman–Crippen LogP) is 3.75. The van der Waals surface area contributed by atoms with Crippen molar-refractivity contribution in [3.05, 3.63) is 41.1 Å². The highest BCUT2D eigenvalue weighted by atomic mass is 16.5. The minimum Gasteiger partial charge on any atom is -0.463 e. The SMILES string of the molecule is CCOC(=O)C1=C(C(C)C)NC(=O)NC1c1ccc(N2CCC(C)CC2)cc1. The monoisotopic (exact) mass is 385 g/mol. The second-order valence-electron chi connectivity index (χ2n) is 8.00. The van der Waals surface area contributed by atoms with Gasteiger partial charge in [0.05, 0.1) is 18.2 Å². The highest BCUT2D eigenvalue weighted by molar-refractivity contribution is 5.95. The Morgan fingerprint density at radius 1 is 1.21 bits per heavy atom. The number of rotatable bonds is 5. The van der Waals surface area contributed by atoms with Crippen LogP contribution in [0, 0.1) is 11.8 Å². The lowest BCUT2D eigenvalue weighted by molar-refractivity contribution is -0.139. The molecule has 1 fully saturated rings. The van der Waals surface area contributed by atoms with E-state index in [1.807, 2.05) is 26.0 Å². The van der Waals surface area contributed by atoms with E-state index < -0.39 is 12.0 Å². The van der Waals surface area contributed by atoms with Crippen LogP contribution in [0.1, 0.15) is 52.1 Å². The molecule has 2 amide bonds. The lowest BCUT2D eigenvalue weighted by Crippen LogP contribution is -2.47. The molecule has 3 rings (SSSR count). The number of benzene rings is 1. The summed E-state index contributed by atoms with van der Waals surface area (Å²) in [6.45, 7) is 10.4. The zero-order valence-corrected chi connectivity index (χ0v) is 17.2. The summed E-state index contributed by atoms with van der Waals surface area (Å²) in [4.78, 5) is 27.3. The molecule has 2 aliphatic rings. The molecule has 1 saturated heterocycles. The largest absolute Gasteiger partial charge is 0.463 e. The van der Waals surface area contributed by atoms with E-state index in [1.165, 1.54) is 18.5 Å². The van der Waals surface area contributed by atoms with Crippen LogP contribution in [0.2, 0.25) is 0 Å². The summed E-state index contributed by atoms with van der Waals surface area (Å²) in [5, 5.41) is 5.68. The molecule has 2 heterocycles. The van der Waals surface area contributed by atoms with Crippen molar-refractivity contribution in [2.24, 2.45) is 11.8 Å². The number of hydrogen-bond donors (Lipinski definition) is 2. The zero-order chi connectivity index (χ0) is 20.3. The number of nitrogens with zero attached hydrogens (tertiary/aromatic N) is 1. The number of carbonyl (C=O) groups is 2. The minimum absolute atomic E-state index is 0.00238. The van der Waals surface area contributed by atoms with Crippen molar-refractivity contribution >= 4 is 17.7 Å². The van der Waals surface area contributed by atoms with Crippen molar-refractivity contribution in [1.82, 2.24) is 10.6 Å². The topological polar surface area (TPSA) is 70.7 Å². The van der Waals surface area contributed by atoms with E-state index in [4.69, 9.17) is 4.74 Å². The van der Waals surface area contributed by atoms with Gasteiger partial charge in [-0.25, -0.2) is 9.59 Å². The van der Waals surface area contributed by atoms with Gasteiger partial charge in [-0.3, -0.25) is 0 Å². The third-order valence-electron chi connectivity index (χ3n) is 5.55. The van der Waals surface area contributed by atoms with Gasteiger partial charge in [0.2, 0.25) is 0 Å². The first kappa shape index (κ1) is 20.2. The average Bonchev–Trinajstić information content (AvgIpc) is 2.68. The Labute approximate surface area is 167 Å².